The van der Waals surface area contributed by atoms with Gasteiger partial charge in [-0.2, -0.15) is 0 Å². The summed E-state index contributed by atoms with van der Waals surface area (Å²) in [6.45, 7) is 12.7. The third kappa shape index (κ3) is 5.06. The number of nitrogens with one attached hydrogen (secondary N) is 1. The fraction of sp³-hybridized carbons (Fsp3) is 0.938. The van der Waals surface area contributed by atoms with Gasteiger partial charge in [0.1, 0.15) is 0 Å². The molecule has 4 atom stereocenters. The molecule has 1 aliphatic carbocycles. The Hall–Kier alpha value is -0.610. The Morgan fingerprint density at radius 1 is 1.20 bits per heavy atom. The van der Waals surface area contributed by atoms with Gasteiger partial charge in [0.25, 0.3) is 0 Å². The molecule has 1 fully saturated rings. The van der Waals surface area contributed by atoms with Crippen LogP contribution >= 0.6 is 0 Å². The first-order valence-electron chi connectivity index (χ1n) is 8.25. The summed E-state index contributed by atoms with van der Waals surface area (Å²) in [4.78, 5) is 14.6. The SMILES string of the molecule is CCN(CC)CCCNC(=O)C1CC(N)C(C)CC1C. The lowest BCUT2D eigenvalue weighted by Gasteiger charge is -2.36. The van der Waals surface area contributed by atoms with E-state index in [1.54, 1.807) is 0 Å². The van der Waals surface area contributed by atoms with Gasteiger partial charge in [0.15, 0.2) is 0 Å². The van der Waals surface area contributed by atoms with Crippen LogP contribution in [0.2, 0.25) is 0 Å². The van der Waals surface area contributed by atoms with Crippen molar-refractivity contribution in [3.05, 3.63) is 0 Å². The molecule has 1 aliphatic rings. The van der Waals surface area contributed by atoms with E-state index in [9.17, 15) is 4.79 Å². The van der Waals surface area contributed by atoms with Gasteiger partial charge in [-0.05, 0) is 50.7 Å². The lowest BCUT2D eigenvalue weighted by molar-refractivity contribution is -0.128. The second-order valence-corrected chi connectivity index (χ2v) is 6.37. The fourth-order valence-corrected chi connectivity index (χ4v) is 3.23. The molecular formula is C16H33N3O. The molecule has 0 aromatic rings. The summed E-state index contributed by atoms with van der Waals surface area (Å²) in [5.41, 5.74) is 6.11. The number of carbonyl (C=O) groups excluding carboxylic acids is 1. The first kappa shape index (κ1) is 17.4. The summed E-state index contributed by atoms with van der Waals surface area (Å²) in [6, 6.07) is 0.178. The first-order valence-corrected chi connectivity index (χ1v) is 8.25. The summed E-state index contributed by atoms with van der Waals surface area (Å²) in [6.07, 6.45) is 2.93. The van der Waals surface area contributed by atoms with Gasteiger partial charge in [-0.25, -0.2) is 0 Å². The van der Waals surface area contributed by atoms with E-state index in [-0.39, 0.29) is 17.9 Å². The lowest BCUT2D eigenvalue weighted by Crippen LogP contribution is -2.45. The molecule has 0 aromatic heterocycles. The maximum Gasteiger partial charge on any atom is 0.223 e. The highest BCUT2D eigenvalue weighted by Gasteiger charge is 2.34. The quantitative estimate of drug-likeness (QED) is 0.701. The predicted molar refractivity (Wildman–Crippen MR) is 84.4 cm³/mol. The summed E-state index contributed by atoms with van der Waals surface area (Å²) >= 11 is 0. The van der Waals surface area contributed by atoms with Crippen LogP contribution in [-0.4, -0.2) is 43.0 Å². The predicted octanol–water partition coefficient (Wildman–Crippen LogP) is 1.84. The van der Waals surface area contributed by atoms with E-state index in [4.69, 9.17) is 5.73 Å². The zero-order chi connectivity index (χ0) is 15.1. The van der Waals surface area contributed by atoms with E-state index < -0.39 is 0 Å². The van der Waals surface area contributed by atoms with Gasteiger partial charge in [-0.3, -0.25) is 4.79 Å². The number of carbonyl (C=O) groups is 1. The molecule has 4 nitrogen and oxygen atoms in total. The van der Waals surface area contributed by atoms with Crippen molar-refractivity contribution in [3.8, 4) is 0 Å². The highest BCUT2D eigenvalue weighted by Crippen LogP contribution is 2.32. The molecule has 0 spiro atoms. The average molecular weight is 283 g/mol. The summed E-state index contributed by atoms with van der Waals surface area (Å²) < 4.78 is 0. The number of amides is 1. The van der Waals surface area contributed by atoms with Crippen molar-refractivity contribution < 1.29 is 4.79 Å². The van der Waals surface area contributed by atoms with Crippen LogP contribution in [0.5, 0.6) is 0 Å². The van der Waals surface area contributed by atoms with Gasteiger partial charge in [0.05, 0.1) is 0 Å². The van der Waals surface area contributed by atoms with E-state index in [1.165, 1.54) is 0 Å². The Bertz CT molecular complexity index is 291. The highest BCUT2D eigenvalue weighted by molar-refractivity contribution is 5.79. The van der Waals surface area contributed by atoms with Crippen LogP contribution in [0, 0.1) is 17.8 Å². The number of hydrogen-bond donors (Lipinski definition) is 2. The van der Waals surface area contributed by atoms with Crippen LogP contribution in [0.15, 0.2) is 0 Å². The number of nitrogens with zero attached hydrogens (tertiary/aromatic N) is 1. The van der Waals surface area contributed by atoms with Crippen LogP contribution in [0.4, 0.5) is 0 Å². The summed E-state index contributed by atoms with van der Waals surface area (Å²) in [5.74, 6) is 1.30. The molecular weight excluding hydrogens is 250 g/mol. The van der Waals surface area contributed by atoms with E-state index in [2.05, 4.69) is 37.9 Å². The maximum atomic E-state index is 12.3. The lowest BCUT2D eigenvalue weighted by atomic mass is 9.72. The monoisotopic (exact) mass is 283 g/mol. The maximum absolute atomic E-state index is 12.3. The average Bonchev–Trinajstić information content (AvgIpc) is 2.42. The van der Waals surface area contributed by atoms with Gasteiger partial charge in [0.2, 0.25) is 5.91 Å². The smallest absolute Gasteiger partial charge is 0.223 e. The van der Waals surface area contributed by atoms with E-state index in [0.717, 1.165) is 45.4 Å². The molecule has 20 heavy (non-hydrogen) atoms. The van der Waals surface area contributed by atoms with Crippen molar-refractivity contribution in [2.75, 3.05) is 26.2 Å². The Kier molecular flexibility index (Phi) is 7.52. The topological polar surface area (TPSA) is 58.4 Å². The van der Waals surface area contributed by atoms with E-state index in [0.29, 0.717) is 11.8 Å². The normalized spacial score (nSPS) is 30.5. The minimum atomic E-state index is 0.106. The fourth-order valence-electron chi connectivity index (χ4n) is 3.23. The van der Waals surface area contributed by atoms with Crippen molar-refractivity contribution in [2.45, 2.75) is 53.0 Å². The zero-order valence-electron chi connectivity index (χ0n) is 13.7. The summed E-state index contributed by atoms with van der Waals surface area (Å²) in [5, 5.41) is 3.10. The van der Waals surface area contributed by atoms with E-state index >= 15 is 0 Å². The Labute approximate surface area is 124 Å². The molecule has 3 N–H and O–H groups in total. The third-order valence-corrected chi connectivity index (χ3v) is 4.87. The molecule has 4 unspecified atom stereocenters. The van der Waals surface area contributed by atoms with Gasteiger partial charge in [0, 0.05) is 18.5 Å². The molecule has 0 aliphatic heterocycles. The van der Waals surface area contributed by atoms with Gasteiger partial charge >= 0.3 is 0 Å². The molecule has 1 amide bonds. The number of nitrogens with two attached hydrogens (primary N) is 1. The van der Waals surface area contributed by atoms with Crippen molar-refractivity contribution in [3.63, 3.8) is 0 Å². The number of rotatable bonds is 7. The molecule has 118 valence electrons. The second-order valence-electron chi connectivity index (χ2n) is 6.37. The first-order chi connectivity index (χ1) is 9.49. The standard InChI is InChI=1S/C16H33N3O/c1-5-19(6-2)9-7-8-18-16(20)14-11-15(17)13(4)10-12(14)3/h12-15H,5-11,17H2,1-4H3,(H,18,20). The molecule has 1 rings (SSSR count). The van der Waals surface area contributed by atoms with Crippen molar-refractivity contribution in [1.82, 2.24) is 10.2 Å². The van der Waals surface area contributed by atoms with Crippen LogP contribution < -0.4 is 11.1 Å². The molecule has 0 heterocycles. The third-order valence-electron chi connectivity index (χ3n) is 4.87. The molecule has 0 radical (unpaired) electrons. The molecule has 4 heteroatoms. The molecule has 0 bridgehead atoms. The van der Waals surface area contributed by atoms with Crippen LogP contribution in [0.25, 0.3) is 0 Å². The Balaban J connectivity index is 2.28. The minimum absolute atomic E-state index is 0.106. The van der Waals surface area contributed by atoms with Crippen LogP contribution in [0.1, 0.15) is 47.0 Å². The molecule has 0 aromatic carbocycles. The minimum Gasteiger partial charge on any atom is -0.356 e. The molecule has 1 saturated carbocycles. The van der Waals surface area contributed by atoms with Gasteiger partial charge < -0.3 is 16.0 Å². The van der Waals surface area contributed by atoms with Gasteiger partial charge in [-0.15, -0.1) is 0 Å². The van der Waals surface area contributed by atoms with Crippen LogP contribution in [0.3, 0.4) is 0 Å². The number of hydrogen-bond acceptors (Lipinski definition) is 3. The Morgan fingerprint density at radius 2 is 1.85 bits per heavy atom. The van der Waals surface area contributed by atoms with Crippen LogP contribution in [-0.2, 0) is 4.79 Å². The second kappa shape index (κ2) is 8.63. The van der Waals surface area contributed by atoms with Crippen molar-refractivity contribution in [1.29, 1.82) is 0 Å². The van der Waals surface area contributed by atoms with E-state index in [1.807, 2.05) is 0 Å². The van der Waals surface area contributed by atoms with Crippen molar-refractivity contribution in [2.24, 2.45) is 23.5 Å². The van der Waals surface area contributed by atoms with Crippen molar-refractivity contribution >= 4 is 5.91 Å². The largest absolute Gasteiger partial charge is 0.356 e. The van der Waals surface area contributed by atoms with Gasteiger partial charge in [-0.1, -0.05) is 27.7 Å². The highest BCUT2D eigenvalue weighted by atomic mass is 16.1. The summed E-state index contributed by atoms with van der Waals surface area (Å²) in [7, 11) is 0. The Morgan fingerprint density at radius 3 is 2.45 bits per heavy atom. The zero-order valence-corrected chi connectivity index (χ0v) is 13.7. The molecule has 0 saturated heterocycles.